The standard InChI is InChI=1S/C26H35FO6/c1-6-21(32)33-26(20(31)14-28)22(2,3)12-18-17-8-7-15-11-16(29)9-10-23(15,4)25(17,27)19(30)13-24(18,26)5/h9-11,17-19,28,30H,6-8,12-14H2,1-5H3/t17-,18-,19-,23-,24-,25-,26-/m0/s1. The molecule has 4 rings (SSSR count). The normalized spacial score (nSPS) is 45.5. The molecule has 6 nitrogen and oxygen atoms in total. The zero-order valence-corrected chi connectivity index (χ0v) is 20.1. The summed E-state index contributed by atoms with van der Waals surface area (Å²) in [6, 6.07) is 0. The van der Waals surface area contributed by atoms with Crippen LogP contribution in [0.5, 0.6) is 0 Å². The first kappa shape index (κ1) is 24.3. The summed E-state index contributed by atoms with van der Waals surface area (Å²) in [5, 5.41) is 21.4. The van der Waals surface area contributed by atoms with E-state index in [1.807, 2.05) is 13.8 Å². The number of aliphatic hydroxyl groups excluding tert-OH is 2. The van der Waals surface area contributed by atoms with Crippen LogP contribution in [0.3, 0.4) is 0 Å². The molecule has 3 saturated carbocycles. The molecule has 0 saturated heterocycles. The van der Waals surface area contributed by atoms with Crippen LogP contribution in [0.25, 0.3) is 0 Å². The van der Waals surface area contributed by atoms with E-state index >= 15 is 4.39 Å². The molecule has 7 atom stereocenters. The highest BCUT2D eigenvalue weighted by Crippen LogP contribution is 2.73. The van der Waals surface area contributed by atoms with E-state index in [1.54, 1.807) is 26.8 Å². The van der Waals surface area contributed by atoms with Gasteiger partial charge < -0.3 is 14.9 Å². The minimum atomic E-state index is -2.04. The SMILES string of the molecule is CCC(=O)O[C@@]1(C(=O)CO)C(C)(C)C[C@H]2[C@@H]3CCC4=CC(=O)C=C[C@]4(C)[C@@]3(F)[C@@H](O)C[C@@]21C. The van der Waals surface area contributed by atoms with Crippen LogP contribution in [0.1, 0.15) is 66.7 Å². The van der Waals surface area contributed by atoms with Gasteiger partial charge in [-0.05, 0) is 50.7 Å². The van der Waals surface area contributed by atoms with Crippen LogP contribution in [0.2, 0.25) is 0 Å². The van der Waals surface area contributed by atoms with Crippen LogP contribution in [0.15, 0.2) is 23.8 Å². The van der Waals surface area contributed by atoms with Crippen molar-refractivity contribution in [2.45, 2.75) is 84.1 Å². The smallest absolute Gasteiger partial charge is 0.306 e. The highest BCUT2D eigenvalue weighted by molar-refractivity contribution is 6.01. The summed E-state index contributed by atoms with van der Waals surface area (Å²) in [6.45, 7) is 8.03. The summed E-state index contributed by atoms with van der Waals surface area (Å²) >= 11 is 0. The number of carbonyl (C=O) groups excluding carboxylic acids is 3. The number of ketones is 2. The molecular formula is C26H35FO6. The molecule has 2 N–H and O–H groups in total. The predicted molar refractivity (Wildman–Crippen MR) is 119 cm³/mol. The lowest BCUT2D eigenvalue weighted by molar-refractivity contribution is -0.233. The number of hydrogen-bond acceptors (Lipinski definition) is 6. The van der Waals surface area contributed by atoms with Crippen molar-refractivity contribution in [3.8, 4) is 0 Å². The van der Waals surface area contributed by atoms with Gasteiger partial charge in [-0.15, -0.1) is 0 Å². The van der Waals surface area contributed by atoms with E-state index in [2.05, 4.69) is 0 Å². The zero-order chi connectivity index (χ0) is 24.6. The Hall–Kier alpha value is -1.86. The van der Waals surface area contributed by atoms with Gasteiger partial charge in [0, 0.05) is 28.6 Å². The molecule has 4 aliphatic rings. The molecule has 0 unspecified atom stereocenters. The third-order valence-electron chi connectivity index (χ3n) is 9.61. The van der Waals surface area contributed by atoms with E-state index < -0.39 is 57.9 Å². The number of hydrogen-bond donors (Lipinski definition) is 2. The molecule has 0 amide bonds. The minimum Gasteiger partial charge on any atom is -0.450 e. The van der Waals surface area contributed by atoms with Crippen molar-refractivity contribution in [3.63, 3.8) is 0 Å². The molecule has 0 radical (unpaired) electrons. The second kappa shape index (κ2) is 7.32. The van der Waals surface area contributed by atoms with Crippen molar-refractivity contribution in [3.05, 3.63) is 23.8 Å². The summed E-state index contributed by atoms with van der Waals surface area (Å²) < 4.78 is 23.2. The number of rotatable bonds is 4. The molecule has 0 aromatic heterocycles. The largest absolute Gasteiger partial charge is 0.450 e. The number of carbonyl (C=O) groups is 3. The first-order chi connectivity index (χ1) is 15.2. The van der Waals surface area contributed by atoms with E-state index in [9.17, 15) is 24.6 Å². The highest BCUT2D eigenvalue weighted by atomic mass is 19.1. The number of aliphatic hydroxyl groups is 2. The van der Waals surface area contributed by atoms with Crippen molar-refractivity contribution >= 4 is 17.5 Å². The Morgan fingerprint density at radius 2 is 1.85 bits per heavy atom. The number of allylic oxidation sites excluding steroid dienone is 4. The van der Waals surface area contributed by atoms with Crippen LogP contribution in [0.4, 0.5) is 4.39 Å². The maximum atomic E-state index is 17.3. The van der Waals surface area contributed by atoms with Crippen LogP contribution in [0, 0.1) is 28.1 Å². The average molecular weight is 463 g/mol. The molecule has 4 aliphatic carbocycles. The third-order valence-corrected chi connectivity index (χ3v) is 9.61. The molecule has 7 heteroatoms. The molecule has 0 bridgehead atoms. The van der Waals surface area contributed by atoms with Gasteiger partial charge in [0.1, 0.15) is 6.61 Å². The molecule has 182 valence electrons. The van der Waals surface area contributed by atoms with Crippen molar-refractivity contribution in [2.75, 3.05) is 6.61 Å². The fraction of sp³-hybridized carbons (Fsp3) is 0.731. The lowest BCUT2D eigenvalue weighted by atomic mass is 9.44. The monoisotopic (exact) mass is 462 g/mol. The van der Waals surface area contributed by atoms with Crippen LogP contribution in [-0.4, -0.2) is 51.7 Å². The van der Waals surface area contributed by atoms with Crippen LogP contribution in [-0.2, 0) is 19.1 Å². The maximum Gasteiger partial charge on any atom is 0.306 e. The van der Waals surface area contributed by atoms with Gasteiger partial charge >= 0.3 is 5.97 Å². The van der Waals surface area contributed by atoms with Crippen molar-refractivity contribution in [2.24, 2.45) is 28.1 Å². The first-order valence-electron chi connectivity index (χ1n) is 11.9. The van der Waals surface area contributed by atoms with E-state index in [0.717, 1.165) is 0 Å². The Morgan fingerprint density at radius 1 is 1.18 bits per heavy atom. The number of Topliss-reactive ketones (excluding diaryl/α,β-unsaturated/α-hetero) is 1. The van der Waals surface area contributed by atoms with E-state index in [1.165, 1.54) is 12.2 Å². The Morgan fingerprint density at radius 3 is 2.45 bits per heavy atom. The van der Waals surface area contributed by atoms with E-state index in [0.29, 0.717) is 24.8 Å². The van der Waals surface area contributed by atoms with Gasteiger partial charge in [0.25, 0.3) is 0 Å². The van der Waals surface area contributed by atoms with Gasteiger partial charge in [-0.25, -0.2) is 4.39 Å². The van der Waals surface area contributed by atoms with Gasteiger partial charge in [-0.2, -0.15) is 0 Å². The van der Waals surface area contributed by atoms with Crippen molar-refractivity contribution < 1.29 is 33.7 Å². The van der Waals surface area contributed by atoms with Gasteiger partial charge in [-0.1, -0.05) is 39.3 Å². The summed E-state index contributed by atoms with van der Waals surface area (Å²) in [5.74, 6) is -2.33. The Labute approximate surface area is 194 Å². The van der Waals surface area contributed by atoms with Gasteiger partial charge in [0.15, 0.2) is 17.1 Å². The maximum absolute atomic E-state index is 17.3. The van der Waals surface area contributed by atoms with Crippen molar-refractivity contribution in [1.82, 2.24) is 0 Å². The minimum absolute atomic E-state index is 0.0569. The molecule has 0 aromatic carbocycles. The average Bonchev–Trinajstić information content (AvgIpc) is 2.92. The van der Waals surface area contributed by atoms with Gasteiger partial charge in [-0.3, -0.25) is 14.4 Å². The Bertz CT molecular complexity index is 968. The van der Waals surface area contributed by atoms with E-state index in [4.69, 9.17) is 4.74 Å². The first-order valence-corrected chi connectivity index (χ1v) is 11.9. The Balaban J connectivity index is 1.89. The molecular weight excluding hydrogens is 427 g/mol. The lowest BCUT2D eigenvalue weighted by Gasteiger charge is -2.63. The fourth-order valence-electron chi connectivity index (χ4n) is 8.17. The molecule has 0 aromatic rings. The third kappa shape index (κ3) is 2.75. The van der Waals surface area contributed by atoms with E-state index in [-0.39, 0.29) is 24.5 Å². The predicted octanol–water partition coefficient (Wildman–Crippen LogP) is 3.25. The van der Waals surface area contributed by atoms with Gasteiger partial charge in [0.2, 0.25) is 5.78 Å². The number of ether oxygens (including phenoxy) is 1. The number of halogens is 1. The summed E-state index contributed by atoms with van der Waals surface area (Å²) in [6.07, 6.45) is 4.29. The topological polar surface area (TPSA) is 101 Å². The van der Waals surface area contributed by atoms with Crippen LogP contribution < -0.4 is 0 Å². The molecule has 33 heavy (non-hydrogen) atoms. The number of alkyl halides is 1. The van der Waals surface area contributed by atoms with Gasteiger partial charge in [0.05, 0.1) is 6.10 Å². The summed E-state index contributed by atoms with van der Waals surface area (Å²) in [4.78, 5) is 37.9. The molecule has 0 spiro atoms. The highest BCUT2D eigenvalue weighted by Gasteiger charge is 2.79. The lowest BCUT2D eigenvalue weighted by Crippen LogP contribution is -2.70. The number of fused-ring (bicyclic) bond motifs is 5. The fourth-order valence-corrected chi connectivity index (χ4v) is 8.17. The molecule has 3 fully saturated rings. The van der Waals surface area contributed by atoms with Crippen molar-refractivity contribution in [1.29, 1.82) is 0 Å². The zero-order valence-electron chi connectivity index (χ0n) is 20.1. The quantitative estimate of drug-likeness (QED) is 0.622. The summed E-state index contributed by atoms with van der Waals surface area (Å²) in [5.41, 5.74) is -6.11. The second-order valence-electron chi connectivity index (χ2n) is 11.4. The molecule has 0 heterocycles. The Kier molecular flexibility index (Phi) is 5.38. The van der Waals surface area contributed by atoms with Crippen LogP contribution >= 0.6 is 0 Å². The molecule has 0 aliphatic heterocycles. The summed E-state index contributed by atoms with van der Waals surface area (Å²) in [7, 11) is 0. The second-order valence-corrected chi connectivity index (χ2v) is 11.4. The number of esters is 1.